The molecule has 1 unspecified atom stereocenters. The number of pyridine rings is 1. The standard InChI is InChI=1S/C13H13N3O/c14-9-10(15)6-8-17-13-5-1-4-12-11(13)3-2-7-16-12/h1-5,7,10H,6,8,15H2. The van der Waals surface area contributed by atoms with Crippen LogP contribution in [0.3, 0.4) is 0 Å². The lowest BCUT2D eigenvalue weighted by Gasteiger charge is -2.09. The molecule has 1 heterocycles. The number of hydrogen-bond donors (Lipinski definition) is 1. The SMILES string of the molecule is N#CC(N)CCOc1cccc2ncccc12. The van der Waals surface area contributed by atoms with E-state index < -0.39 is 6.04 Å². The van der Waals surface area contributed by atoms with E-state index in [1.165, 1.54) is 0 Å². The molecule has 0 saturated carbocycles. The summed E-state index contributed by atoms with van der Waals surface area (Å²) in [6, 6.07) is 11.1. The molecule has 0 spiro atoms. The minimum Gasteiger partial charge on any atom is -0.493 e. The van der Waals surface area contributed by atoms with Crippen LogP contribution in [-0.2, 0) is 0 Å². The van der Waals surface area contributed by atoms with Crippen molar-refractivity contribution in [3.8, 4) is 11.8 Å². The Hall–Kier alpha value is -2.12. The molecular weight excluding hydrogens is 214 g/mol. The summed E-state index contributed by atoms with van der Waals surface area (Å²) >= 11 is 0. The number of hydrogen-bond acceptors (Lipinski definition) is 4. The number of fused-ring (bicyclic) bond motifs is 1. The van der Waals surface area contributed by atoms with Crippen molar-refractivity contribution in [1.29, 1.82) is 5.26 Å². The summed E-state index contributed by atoms with van der Waals surface area (Å²) < 4.78 is 5.62. The van der Waals surface area contributed by atoms with Crippen molar-refractivity contribution < 1.29 is 4.74 Å². The van der Waals surface area contributed by atoms with Crippen LogP contribution in [0.5, 0.6) is 5.75 Å². The summed E-state index contributed by atoms with van der Waals surface area (Å²) in [6.45, 7) is 0.433. The third-order valence-electron chi connectivity index (χ3n) is 2.46. The molecule has 2 N–H and O–H groups in total. The van der Waals surface area contributed by atoms with Crippen LogP contribution in [0.15, 0.2) is 36.5 Å². The quantitative estimate of drug-likeness (QED) is 0.865. The molecule has 0 radical (unpaired) electrons. The highest BCUT2D eigenvalue weighted by atomic mass is 16.5. The summed E-state index contributed by atoms with van der Waals surface area (Å²) in [7, 11) is 0. The van der Waals surface area contributed by atoms with Crippen LogP contribution in [0.4, 0.5) is 0 Å². The lowest BCUT2D eigenvalue weighted by molar-refractivity contribution is 0.309. The van der Waals surface area contributed by atoms with E-state index in [4.69, 9.17) is 15.7 Å². The molecule has 0 aliphatic heterocycles. The Morgan fingerprint density at radius 3 is 3.06 bits per heavy atom. The van der Waals surface area contributed by atoms with E-state index in [0.717, 1.165) is 16.7 Å². The van der Waals surface area contributed by atoms with E-state index in [1.807, 2.05) is 36.4 Å². The molecule has 2 aromatic rings. The molecule has 0 aliphatic carbocycles. The Bertz CT molecular complexity index is 542. The average molecular weight is 227 g/mol. The van der Waals surface area contributed by atoms with Gasteiger partial charge in [0.1, 0.15) is 5.75 Å². The Balaban J connectivity index is 2.11. The first kappa shape index (κ1) is 11.4. The normalized spacial score (nSPS) is 12.0. The number of nitrogens with two attached hydrogens (primary N) is 1. The van der Waals surface area contributed by atoms with Gasteiger partial charge in [0.2, 0.25) is 0 Å². The lowest BCUT2D eigenvalue weighted by Crippen LogP contribution is -2.20. The fourth-order valence-corrected chi connectivity index (χ4v) is 1.56. The van der Waals surface area contributed by atoms with E-state index in [1.54, 1.807) is 6.20 Å². The summed E-state index contributed by atoms with van der Waals surface area (Å²) in [6.07, 6.45) is 2.27. The number of nitrogens with zero attached hydrogens (tertiary/aromatic N) is 2. The lowest BCUT2D eigenvalue weighted by atomic mass is 10.2. The minimum absolute atomic E-state index is 0.433. The molecule has 4 nitrogen and oxygen atoms in total. The van der Waals surface area contributed by atoms with Gasteiger partial charge in [-0.05, 0) is 24.3 Å². The first-order chi connectivity index (χ1) is 8.31. The van der Waals surface area contributed by atoms with Crippen molar-refractivity contribution in [2.45, 2.75) is 12.5 Å². The van der Waals surface area contributed by atoms with Crippen LogP contribution >= 0.6 is 0 Å². The van der Waals surface area contributed by atoms with Crippen LogP contribution < -0.4 is 10.5 Å². The van der Waals surface area contributed by atoms with Crippen molar-refractivity contribution in [2.24, 2.45) is 5.73 Å². The topological polar surface area (TPSA) is 71.9 Å². The van der Waals surface area contributed by atoms with Crippen LogP contribution in [0, 0.1) is 11.3 Å². The predicted octanol–water partition coefficient (Wildman–Crippen LogP) is 1.85. The van der Waals surface area contributed by atoms with Gasteiger partial charge in [0.15, 0.2) is 0 Å². The van der Waals surface area contributed by atoms with Crippen LogP contribution in [0.2, 0.25) is 0 Å². The Kier molecular flexibility index (Phi) is 3.53. The number of rotatable bonds is 4. The van der Waals surface area contributed by atoms with Gasteiger partial charge in [0, 0.05) is 18.0 Å². The average Bonchev–Trinajstić information content (AvgIpc) is 2.39. The molecular formula is C13H13N3O. The third-order valence-corrected chi connectivity index (χ3v) is 2.46. The second kappa shape index (κ2) is 5.28. The van der Waals surface area contributed by atoms with Gasteiger partial charge in [0.05, 0.1) is 24.2 Å². The van der Waals surface area contributed by atoms with E-state index >= 15 is 0 Å². The number of ether oxygens (including phenoxy) is 1. The van der Waals surface area contributed by atoms with Crippen LogP contribution in [0.1, 0.15) is 6.42 Å². The predicted molar refractivity (Wildman–Crippen MR) is 65.4 cm³/mol. The first-order valence-corrected chi connectivity index (χ1v) is 5.43. The molecule has 0 amide bonds. The monoisotopic (exact) mass is 227 g/mol. The Labute approximate surface area is 99.6 Å². The molecule has 1 aromatic heterocycles. The molecule has 86 valence electrons. The van der Waals surface area contributed by atoms with Crippen molar-refractivity contribution in [1.82, 2.24) is 4.98 Å². The molecule has 4 heteroatoms. The summed E-state index contributed by atoms with van der Waals surface area (Å²) in [4.78, 5) is 4.24. The molecule has 0 bridgehead atoms. The number of aromatic nitrogens is 1. The molecule has 0 aliphatic rings. The highest BCUT2D eigenvalue weighted by Gasteiger charge is 2.04. The van der Waals surface area contributed by atoms with Gasteiger partial charge >= 0.3 is 0 Å². The van der Waals surface area contributed by atoms with Crippen molar-refractivity contribution in [3.05, 3.63) is 36.5 Å². The molecule has 1 aromatic carbocycles. The van der Waals surface area contributed by atoms with Gasteiger partial charge in [-0.25, -0.2) is 0 Å². The molecule has 1 atom stereocenters. The fourth-order valence-electron chi connectivity index (χ4n) is 1.56. The maximum absolute atomic E-state index is 8.56. The smallest absolute Gasteiger partial charge is 0.128 e. The maximum atomic E-state index is 8.56. The summed E-state index contributed by atoms with van der Waals surface area (Å²) in [5, 5.41) is 9.54. The third kappa shape index (κ3) is 2.71. The highest BCUT2D eigenvalue weighted by molar-refractivity contribution is 5.84. The summed E-state index contributed by atoms with van der Waals surface area (Å²) in [5.74, 6) is 0.778. The van der Waals surface area contributed by atoms with Crippen molar-refractivity contribution in [2.75, 3.05) is 6.61 Å². The Morgan fingerprint density at radius 2 is 2.24 bits per heavy atom. The molecule has 2 rings (SSSR count). The first-order valence-electron chi connectivity index (χ1n) is 5.43. The van der Waals surface area contributed by atoms with E-state index in [-0.39, 0.29) is 0 Å². The van der Waals surface area contributed by atoms with Gasteiger partial charge in [0.25, 0.3) is 0 Å². The molecule has 0 saturated heterocycles. The zero-order valence-electron chi connectivity index (χ0n) is 9.34. The van der Waals surface area contributed by atoms with Crippen LogP contribution in [0.25, 0.3) is 10.9 Å². The maximum Gasteiger partial charge on any atom is 0.128 e. The second-order valence-electron chi connectivity index (χ2n) is 3.70. The van der Waals surface area contributed by atoms with Gasteiger partial charge in [-0.2, -0.15) is 5.26 Å². The fraction of sp³-hybridized carbons (Fsp3) is 0.231. The van der Waals surface area contributed by atoms with E-state index in [0.29, 0.717) is 13.0 Å². The number of benzene rings is 1. The van der Waals surface area contributed by atoms with E-state index in [2.05, 4.69) is 4.98 Å². The Morgan fingerprint density at radius 1 is 1.35 bits per heavy atom. The van der Waals surface area contributed by atoms with Crippen molar-refractivity contribution >= 4 is 10.9 Å². The summed E-state index contributed by atoms with van der Waals surface area (Å²) in [5.41, 5.74) is 6.39. The van der Waals surface area contributed by atoms with Crippen molar-refractivity contribution in [3.63, 3.8) is 0 Å². The van der Waals surface area contributed by atoms with Crippen LogP contribution in [-0.4, -0.2) is 17.6 Å². The minimum atomic E-state index is -0.469. The van der Waals surface area contributed by atoms with Gasteiger partial charge in [-0.1, -0.05) is 6.07 Å². The molecule has 17 heavy (non-hydrogen) atoms. The zero-order chi connectivity index (χ0) is 12.1. The molecule has 0 fully saturated rings. The highest BCUT2D eigenvalue weighted by Crippen LogP contribution is 2.23. The largest absolute Gasteiger partial charge is 0.493 e. The van der Waals surface area contributed by atoms with Gasteiger partial charge in [-0.15, -0.1) is 0 Å². The van der Waals surface area contributed by atoms with Gasteiger partial charge in [-0.3, -0.25) is 4.98 Å². The number of nitriles is 1. The second-order valence-corrected chi connectivity index (χ2v) is 3.70. The van der Waals surface area contributed by atoms with E-state index in [9.17, 15) is 0 Å². The van der Waals surface area contributed by atoms with Gasteiger partial charge < -0.3 is 10.5 Å². The zero-order valence-corrected chi connectivity index (χ0v) is 9.34.